The maximum absolute atomic E-state index is 13.4. The molecule has 0 saturated heterocycles. The zero-order valence-electron chi connectivity index (χ0n) is 19.7. The van der Waals surface area contributed by atoms with Gasteiger partial charge in [0.25, 0.3) is 0 Å². The van der Waals surface area contributed by atoms with Crippen molar-refractivity contribution in [3.63, 3.8) is 0 Å². The van der Waals surface area contributed by atoms with Crippen LogP contribution < -0.4 is 0 Å². The lowest BCUT2D eigenvalue weighted by Crippen LogP contribution is -2.05. The molecule has 0 bridgehead atoms. The molecule has 0 spiro atoms. The number of allylic oxidation sites excluding steroid dienone is 1. The molecule has 0 amide bonds. The Labute approximate surface area is 212 Å². The van der Waals surface area contributed by atoms with Crippen molar-refractivity contribution in [2.24, 2.45) is 0 Å². The van der Waals surface area contributed by atoms with Gasteiger partial charge < -0.3 is 0 Å². The van der Waals surface area contributed by atoms with E-state index in [1.165, 1.54) is 37.1 Å². The fourth-order valence-electron chi connectivity index (χ4n) is 5.68. The topological polar surface area (TPSA) is 52.0 Å². The summed E-state index contributed by atoms with van der Waals surface area (Å²) in [6.07, 6.45) is 8.02. The summed E-state index contributed by atoms with van der Waals surface area (Å²) in [5.74, 6) is 0.116. The Kier molecular flexibility index (Phi) is 5.00. The van der Waals surface area contributed by atoms with Gasteiger partial charge >= 0.3 is 0 Å². The lowest BCUT2D eigenvalue weighted by Gasteiger charge is -2.19. The third-order valence-corrected chi connectivity index (χ3v) is 8.68. The third kappa shape index (κ3) is 3.38. The van der Waals surface area contributed by atoms with E-state index in [9.17, 15) is 9.59 Å². The standard InChI is InChI=1S/C31H24N2O2S/c34-28-24-15-20-11-7-8-12-21(20)16-25(24)29(35)26(28)17-23-18-27-30(33(23)22-13-5-2-6-14-22)32-31(36-27)19-9-3-1-4-10-19/h2,5-8,11-19H,1,3-4,9-10H2. The van der Waals surface area contributed by atoms with E-state index in [1.807, 2.05) is 66.7 Å². The highest BCUT2D eigenvalue weighted by molar-refractivity contribution is 7.18. The van der Waals surface area contributed by atoms with Crippen molar-refractivity contribution in [3.8, 4) is 5.69 Å². The van der Waals surface area contributed by atoms with Gasteiger partial charge in [0.2, 0.25) is 0 Å². The number of fused-ring (bicyclic) bond motifs is 3. The van der Waals surface area contributed by atoms with Crippen LogP contribution in [-0.2, 0) is 0 Å². The summed E-state index contributed by atoms with van der Waals surface area (Å²) < 4.78 is 3.18. The Hall–Kier alpha value is -3.83. The van der Waals surface area contributed by atoms with Gasteiger partial charge in [0.15, 0.2) is 17.2 Å². The molecule has 3 aromatic carbocycles. The molecule has 1 saturated carbocycles. The molecule has 5 heteroatoms. The Balaban J connectivity index is 1.37. The van der Waals surface area contributed by atoms with Crippen molar-refractivity contribution in [2.45, 2.75) is 38.0 Å². The number of aromatic nitrogens is 2. The maximum atomic E-state index is 13.4. The van der Waals surface area contributed by atoms with Crippen LogP contribution in [0.5, 0.6) is 0 Å². The normalized spacial score (nSPS) is 16.3. The number of carbonyl (C=O) groups is 2. The molecule has 0 radical (unpaired) electrons. The fraction of sp³-hybridized carbons (Fsp3) is 0.194. The second kappa shape index (κ2) is 8.38. The summed E-state index contributed by atoms with van der Waals surface area (Å²) in [5.41, 5.74) is 3.87. The molecule has 5 aromatic rings. The number of hydrogen-bond donors (Lipinski definition) is 0. The second-order valence-electron chi connectivity index (χ2n) is 9.78. The molecule has 2 aliphatic rings. The van der Waals surface area contributed by atoms with E-state index in [4.69, 9.17) is 4.98 Å². The van der Waals surface area contributed by atoms with Gasteiger partial charge in [-0.2, -0.15) is 0 Å². The minimum absolute atomic E-state index is 0.208. The predicted molar refractivity (Wildman–Crippen MR) is 145 cm³/mol. The number of hydrogen-bond acceptors (Lipinski definition) is 4. The van der Waals surface area contributed by atoms with Gasteiger partial charge in [-0.3, -0.25) is 14.2 Å². The van der Waals surface area contributed by atoms with Gasteiger partial charge in [-0.15, -0.1) is 11.3 Å². The highest BCUT2D eigenvalue weighted by Crippen LogP contribution is 2.39. The minimum atomic E-state index is -0.208. The summed E-state index contributed by atoms with van der Waals surface area (Å²) in [7, 11) is 0. The molecule has 0 N–H and O–H groups in total. The van der Waals surface area contributed by atoms with E-state index in [0.29, 0.717) is 17.0 Å². The van der Waals surface area contributed by atoms with Crippen molar-refractivity contribution in [1.82, 2.24) is 9.55 Å². The average Bonchev–Trinajstić information content (AvgIpc) is 3.55. The lowest BCUT2D eigenvalue weighted by molar-refractivity contribution is 0.0990. The van der Waals surface area contributed by atoms with E-state index < -0.39 is 0 Å². The summed E-state index contributed by atoms with van der Waals surface area (Å²) in [5, 5.41) is 3.13. The average molecular weight is 489 g/mol. The third-order valence-electron chi connectivity index (χ3n) is 7.53. The molecule has 2 heterocycles. The number of para-hydroxylation sites is 1. The molecule has 0 unspecified atom stereocenters. The van der Waals surface area contributed by atoms with Crippen molar-refractivity contribution in [1.29, 1.82) is 0 Å². The van der Waals surface area contributed by atoms with Crippen LogP contribution in [0.25, 0.3) is 32.9 Å². The van der Waals surface area contributed by atoms with Crippen molar-refractivity contribution >= 4 is 50.1 Å². The number of thiazole rings is 1. The smallest absolute Gasteiger partial charge is 0.197 e. The van der Waals surface area contributed by atoms with E-state index in [1.54, 1.807) is 17.4 Å². The van der Waals surface area contributed by atoms with Gasteiger partial charge in [0.1, 0.15) is 0 Å². The van der Waals surface area contributed by atoms with Gasteiger partial charge in [-0.1, -0.05) is 61.7 Å². The van der Waals surface area contributed by atoms with Crippen LogP contribution in [-0.4, -0.2) is 21.1 Å². The Bertz CT molecular complexity index is 1640. The van der Waals surface area contributed by atoms with E-state index in [0.717, 1.165) is 32.5 Å². The van der Waals surface area contributed by atoms with Gasteiger partial charge in [-0.05, 0) is 60.0 Å². The monoisotopic (exact) mass is 488 g/mol. The van der Waals surface area contributed by atoms with Gasteiger partial charge in [-0.25, -0.2) is 4.98 Å². The van der Waals surface area contributed by atoms with Crippen LogP contribution >= 0.6 is 11.3 Å². The summed E-state index contributed by atoms with van der Waals surface area (Å²) in [6.45, 7) is 0. The van der Waals surface area contributed by atoms with Crippen LogP contribution in [0.2, 0.25) is 0 Å². The predicted octanol–water partition coefficient (Wildman–Crippen LogP) is 7.75. The molecule has 36 heavy (non-hydrogen) atoms. The van der Waals surface area contributed by atoms with Gasteiger partial charge in [0, 0.05) is 22.7 Å². The van der Waals surface area contributed by atoms with E-state index >= 15 is 0 Å². The molecular formula is C31H24N2O2S. The minimum Gasteiger partial charge on any atom is -0.294 e. The quantitative estimate of drug-likeness (QED) is 0.193. The zero-order valence-corrected chi connectivity index (χ0v) is 20.6. The second-order valence-corrected chi connectivity index (χ2v) is 10.8. The first-order chi connectivity index (χ1) is 17.7. The number of ketones is 2. The van der Waals surface area contributed by atoms with Crippen LogP contribution in [0.4, 0.5) is 0 Å². The molecule has 0 aliphatic heterocycles. The highest BCUT2D eigenvalue weighted by atomic mass is 32.1. The first-order valence-electron chi connectivity index (χ1n) is 12.6. The molecule has 0 atom stereocenters. The van der Waals surface area contributed by atoms with Crippen molar-refractivity contribution in [2.75, 3.05) is 0 Å². The largest absolute Gasteiger partial charge is 0.294 e. The summed E-state index contributed by atoms with van der Waals surface area (Å²) in [4.78, 5) is 31.9. The fourth-order valence-corrected chi connectivity index (χ4v) is 6.85. The van der Waals surface area contributed by atoms with E-state index in [-0.39, 0.29) is 17.1 Å². The first kappa shape index (κ1) is 21.5. The first-order valence-corrected chi connectivity index (χ1v) is 13.4. The highest BCUT2D eigenvalue weighted by Gasteiger charge is 2.34. The summed E-state index contributed by atoms with van der Waals surface area (Å²) in [6, 6.07) is 23.7. The van der Waals surface area contributed by atoms with Crippen molar-refractivity contribution in [3.05, 3.63) is 100 Å². The molecular weight excluding hydrogens is 464 g/mol. The molecule has 2 aromatic heterocycles. The van der Waals surface area contributed by atoms with Gasteiger partial charge in [0.05, 0.1) is 21.0 Å². The van der Waals surface area contributed by atoms with Crippen LogP contribution in [0, 0.1) is 0 Å². The van der Waals surface area contributed by atoms with Crippen molar-refractivity contribution < 1.29 is 9.59 Å². The zero-order chi connectivity index (χ0) is 24.2. The van der Waals surface area contributed by atoms with Crippen LogP contribution in [0.3, 0.4) is 0 Å². The Morgan fingerprint density at radius 3 is 2.11 bits per heavy atom. The number of rotatable bonds is 3. The van der Waals surface area contributed by atoms with E-state index in [2.05, 4.69) is 10.6 Å². The Morgan fingerprint density at radius 1 is 0.806 bits per heavy atom. The Morgan fingerprint density at radius 2 is 1.44 bits per heavy atom. The lowest BCUT2D eigenvalue weighted by atomic mass is 9.90. The number of nitrogens with zero attached hydrogens (tertiary/aromatic N) is 2. The SMILES string of the molecule is O=C1C(=Cc2cc3sc(C4CCCCC4)nc3n2-c2ccccc2)C(=O)c2cc3ccccc3cc21. The maximum Gasteiger partial charge on any atom is 0.197 e. The summed E-state index contributed by atoms with van der Waals surface area (Å²) >= 11 is 1.75. The molecule has 4 nitrogen and oxygen atoms in total. The molecule has 176 valence electrons. The van der Waals surface area contributed by atoms with Crippen LogP contribution in [0.1, 0.15) is 69.4 Å². The number of benzene rings is 3. The van der Waals surface area contributed by atoms with Crippen LogP contribution in [0.15, 0.2) is 78.4 Å². The molecule has 7 rings (SSSR count). The molecule has 2 aliphatic carbocycles. The number of Topliss-reactive ketones (excluding diaryl/α,β-unsaturated/α-hetero) is 2. The molecule has 1 fully saturated rings. The number of carbonyl (C=O) groups excluding carboxylic acids is 2.